The summed E-state index contributed by atoms with van der Waals surface area (Å²) >= 11 is 5.92. The standard InChI is InChI=1S/C16H17ClN2O2/c1-10(14-5-3-4-6-15(14)21-2)19-16(20)11-7-12(17)9-13(18)8-11/h3-10H,18H2,1-2H3,(H,19,20). The Hall–Kier alpha value is -2.20. The molecule has 0 aromatic heterocycles. The predicted octanol–water partition coefficient (Wildman–Crippen LogP) is 3.42. The first-order valence-electron chi connectivity index (χ1n) is 6.51. The molecule has 0 aliphatic heterocycles. The lowest BCUT2D eigenvalue weighted by molar-refractivity contribution is 0.0939. The molecule has 110 valence electrons. The van der Waals surface area contributed by atoms with Gasteiger partial charge in [-0.2, -0.15) is 0 Å². The number of carbonyl (C=O) groups is 1. The molecule has 5 heteroatoms. The maximum Gasteiger partial charge on any atom is 0.251 e. The van der Waals surface area contributed by atoms with Crippen molar-refractivity contribution in [1.82, 2.24) is 5.32 Å². The zero-order valence-electron chi connectivity index (χ0n) is 11.9. The highest BCUT2D eigenvalue weighted by molar-refractivity contribution is 6.31. The molecule has 2 rings (SSSR count). The SMILES string of the molecule is COc1ccccc1C(C)NC(=O)c1cc(N)cc(Cl)c1. The molecule has 0 saturated carbocycles. The summed E-state index contributed by atoms with van der Waals surface area (Å²) in [4.78, 5) is 12.3. The minimum atomic E-state index is -0.234. The number of methoxy groups -OCH3 is 1. The third kappa shape index (κ3) is 3.67. The molecule has 0 saturated heterocycles. The number of rotatable bonds is 4. The van der Waals surface area contributed by atoms with Crippen molar-refractivity contribution in [2.24, 2.45) is 0 Å². The molecule has 0 bridgehead atoms. The van der Waals surface area contributed by atoms with Crippen LogP contribution in [0.1, 0.15) is 28.9 Å². The van der Waals surface area contributed by atoms with E-state index in [2.05, 4.69) is 5.32 Å². The largest absolute Gasteiger partial charge is 0.496 e. The summed E-state index contributed by atoms with van der Waals surface area (Å²) in [6.45, 7) is 1.89. The highest BCUT2D eigenvalue weighted by atomic mass is 35.5. The lowest BCUT2D eigenvalue weighted by Crippen LogP contribution is -2.27. The van der Waals surface area contributed by atoms with E-state index in [1.165, 1.54) is 0 Å². The van der Waals surface area contributed by atoms with Crippen LogP contribution in [0, 0.1) is 0 Å². The van der Waals surface area contributed by atoms with E-state index < -0.39 is 0 Å². The molecule has 0 fully saturated rings. The molecule has 2 aromatic rings. The molecular formula is C16H17ClN2O2. The summed E-state index contributed by atoms with van der Waals surface area (Å²) < 4.78 is 5.30. The van der Waals surface area contributed by atoms with E-state index in [-0.39, 0.29) is 11.9 Å². The number of nitrogens with two attached hydrogens (primary N) is 1. The van der Waals surface area contributed by atoms with Crippen molar-refractivity contribution < 1.29 is 9.53 Å². The Bertz CT molecular complexity index is 638. The zero-order chi connectivity index (χ0) is 15.4. The van der Waals surface area contributed by atoms with Crippen molar-refractivity contribution in [3.63, 3.8) is 0 Å². The minimum Gasteiger partial charge on any atom is -0.496 e. The fraction of sp³-hybridized carbons (Fsp3) is 0.188. The highest BCUT2D eigenvalue weighted by Crippen LogP contribution is 2.25. The molecule has 1 atom stereocenters. The second kappa shape index (κ2) is 6.50. The molecule has 1 amide bonds. The van der Waals surface area contributed by atoms with Crippen LogP contribution in [0.25, 0.3) is 0 Å². The molecule has 0 heterocycles. The summed E-state index contributed by atoms with van der Waals surface area (Å²) in [6, 6.07) is 12.1. The quantitative estimate of drug-likeness (QED) is 0.851. The number of nitrogens with one attached hydrogen (secondary N) is 1. The Morgan fingerprint density at radius 1 is 1.29 bits per heavy atom. The van der Waals surface area contributed by atoms with Gasteiger partial charge in [0, 0.05) is 21.8 Å². The Morgan fingerprint density at radius 3 is 2.67 bits per heavy atom. The molecular weight excluding hydrogens is 288 g/mol. The first-order valence-corrected chi connectivity index (χ1v) is 6.89. The van der Waals surface area contributed by atoms with Gasteiger partial charge in [0.25, 0.3) is 5.91 Å². The van der Waals surface area contributed by atoms with E-state index in [0.29, 0.717) is 16.3 Å². The summed E-state index contributed by atoms with van der Waals surface area (Å²) in [5, 5.41) is 3.34. The first-order chi connectivity index (χ1) is 10.0. The van der Waals surface area contributed by atoms with Crippen LogP contribution in [0.2, 0.25) is 5.02 Å². The number of nitrogen functional groups attached to an aromatic ring is 1. The second-order valence-corrected chi connectivity index (χ2v) is 5.15. The predicted molar refractivity (Wildman–Crippen MR) is 84.7 cm³/mol. The van der Waals surface area contributed by atoms with Crippen LogP contribution in [-0.4, -0.2) is 13.0 Å². The van der Waals surface area contributed by atoms with Gasteiger partial charge in [-0.25, -0.2) is 0 Å². The van der Waals surface area contributed by atoms with Gasteiger partial charge in [0.2, 0.25) is 0 Å². The maximum absolute atomic E-state index is 12.3. The zero-order valence-corrected chi connectivity index (χ0v) is 12.6. The summed E-state index contributed by atoms with van der Waals surface area (Å²) in [7, 11) is 1.60. The Labute approximate surface area is 128 Å². The van der Waals surface area contributed by atoms with E-state index in [0.717, 1.165) is 11.3 Å². The third-order valence-electron chi connectivity index (χ3n) is 3.14. The van der Waals surface area contributed by atoms with Crippen molar-refractivity contribution in [2.45, 2.75) is 13.0 Å². The van der Waals surface area contributed by atoms with Crippen LogP contribution in [-0.2, 0) is 0 Å². The van der Waals surface area contributed by atoms with Crippen molar-refractivity contribution in [2.75, 3.05) is 12.8 Å². The first kappa shape index (κ1) is 15.2. The molecule has 0 spiro atoms. The molecule has 21 heavy (non-hydrogen) atoms. The summed E-state index contributed by atoms with van der Waals surface area (Å²) in [5.41, 5.74) is 7.49. The fourth-order valence-corrected chi connectivity index (χ4v) is 2.37. The third-order valence-corrected chi connectivity index (χ3v) is 3.35. The van der Waals surface area contributed by atoms with Gasteiger partial charge >= 0.3 is 0 Å². The number of ether oxygens (including phenoxy) is 1. The minimum absolute atomic E-state index is 0.200. The van der Waals surface area contributed by atoms with Gasteiger partial charge < -0.3 is 15.8 Å². The van der Waals surface area contributed by atoms with Crippen molar-refractivity contribution in [1.29, 1.82) is 0 Å². The van der Waals surface area contributed by atoms with Crippen LogP contribution < -0.4 is 15.8 Å². The maximum atomic E-state index is 12.3. The van der Waals surface area contributed by atoms with E-state index in [9.17, 15) is 4.79 Å². The molecule has 4 nitrogen and oxygen atoms in total. The number of carbonyl (C=O) groups excluding carboxylic acids is 1. The Balaban J connectivity index is 2.18. The lowest BCUT2D eigenvalue weighted by atomic mass is 10.1. The van der Waals surface area contributed by atoms with Crippen LogP contribution in [0.15, 0.2) is 42.5 Å². The smallest absolute Gasteiger partial charge is 0.251 e. The number of anilines is 1. The topological polar surface area (TPSA) is 64.3 Å². The lowest BCUT2D eigenvalue weighted by Gasteiger charge is -2.17. The Morgan fingerprint density at radius 2 is 2.00 bits per heavy atom. The van der Waals surface area contributed by atoms with Gasteiger partial charge in [0.05, 0.1) is 13.2 Å². The van der Waals surface area contributed by atoms with E-state index in [1.807, 2.05) is 31.2 Å². The van der Waals surface area contributed by atoms with Crippen LogP contribution in [0.5, 0.6) is 5.75 Å². The molecule has 3 N–H and O–H groups in total. The number of halogens is 1. The molecule has 2 aromatic carbocycles. The monoisotopic (exact) mass is 304 g/mol. The van der Waals surface area contributed by atoms with E-state index in [1.54, 1.807) is 25.3 Å². The van der Waals surface area contributed by atoms with Gasteiger partial charge in [0.1, 0.15) is 5.75 Å². The van der Waals surface area contributed by atoms with Gasteiger partial charge in [0.15, 0.2) is 0 Å². The fourth-order valence-electron chi connectivity index (χ4n) is 2.13. The molecule has 0 aliphatic carbocycles. The van der Waals surface area contributed by atoms with E-state index in [4.69, 9.17) is 22.1 Å². The molecule has 0 radical (unpaired) electrons. The normalized spacial score (nSPS) is 11.8. The van der Waals surface area contributed by atoms with Crippen LogP contribution in [0.3, 0.4) is 0 Å². The van der Waals surface area contributed by atoms with Crippen molar-refractivity contribution >= 4 is 23.2 Å². The van der Waals surface area contributed by atoms with Gasteiger partial charge in [-0.15, -0.1) is 0 Å². The molecule has 1 unspecified atom stereocenters. The van der Waals surface area contributed by atoms with Gasteiger partial charge in [-0.05, 0) is 31.2 Å². The average molecular weight is 305 g/mol. The second-order valence-electron chi connectivity index (χ2n) is 4.71. The van der Waals surface area contributed by atoms with Crippen molar-refractivity contribution in [3.8, 4) is 5.75 Å². The summed E-state index contributed by atoms with van der Waals surface area (Å²) in [5.74, 6) is 0.499. The van der Waals surface area contributed by atoms with Crippen LogP contribution in [0.4, 0.5) is 5.69 Å². The average Bonchev–Trinajstić information content (AvgIpc) is 2.46. The Kier molecular flexibility index (Phi) is 4.70. The number of hydrogen-bond acceptors (Lipinski definition) is 3. The molecule has 0 aliphatic rings. The van der Waals surface area contributed by atoms with Crippen LogP contribution >= 0.6 is 11.6 Å². The number of hydrogen-bond donors (Lipinski definition) is 2. The van der Waals surface area contributed by atoms with Gasteiger partial charge in [-0.1, -0.05) is 29.8 Å². The number of benzene rings is 2. The number of para-hydroxylation sites is 1. The highest BCUT2D eigenvalue weighted by Gasteiger charge is 2.15. The van der Waals surface area contributed by atoms with E-state index >= 15 is 0 Å². The van der Waals surface area contributed by atoms with Crippen molar-refractivity contribution in [3.05, 3.63) is 58.6 Å². The van der Waals surface area contributed by atoms with Gasteiger partial charge in [-0.3, -0.25) is 4.79 Å². The summed E-state index contributed by atoms with van der Waals surface area (Å²) in [6.07, 6.45) is 0. The number of amides is 1.